The lowest BCUT2D eigenvalue weighted by Crippen LogP contribution is -2.46. The molecule has 2 heterocycles. The second-order valence-corrected chi connectivity index (χ2v) is 3.71. The third kappa shape index (κ3) is 2.20. The predicted octanol–water partition coefficient (Wildman–Crippen LogP) is -0.381. The first-order valence-corrected chi connectivity index (χ1v) is 5.37. The van der Waals surface area contributed by atoms with Crippen LogP contribution in [0, 0.1) is 0 Å². The molecule has 0 saturated carbocycles. The molecule has 0 aliphatic carbocycles. The first-order chi connectivity index (χ1) is 7.83. The van der Waals surface area contributed by atoms with E-state index < -0.39 is 0 Å². The van der Waals surface area contributed by atoms with E-state index >= 15 is 0 Å². The van der Waals surface area contributed by atoms with Crippen molar-refractivity contribution in [3.05, 3.63) is 29.6 Å². The first-order valence-electron chi connectivity index (χ1n) is 5.37. The van der Waals surface area contributed by atoms with Gasteiger partial charge in [0.15, 0.2) is 0 Å². The van der Waals surface area contributed by atoms with Crippen molar-refractivity contribution < 1.29 is 9.90 Å². The summed E-state index contributed by atoms with van der Waals surface area (Å²) in [7, 11) is 0. The molecule has 0 aromatic carbocycles. The number of aromatic nitrogens is 1. The van der Waals surface area contributed by atoms with Gasteiger partial charge in [-0.25, -0.2) is 0 Å². The number of piperazine rings is 1. The summed E-state index contributed by atoms with van der Waals surface area (Å²) in [5.74, 6) is -0.0915. The summed E-state index contributed by atoms with van der Waals surface area (Å²) >= 11 is 0. The van der Waals surface area contributed by atoms with Crippen LogP contribution in [0.3, 0.4) is 0 Å². The summed E-state index contributed by atoms with van der Waals surface area (Å²) in [6.07, 6.45) is 1.58. The Morgan fingerprint density at radius 2 is 2.25 bits per heavy atom. The van der Waals surface area contributed by atoms with Crippen LogP contribution in [0.25, 0.3) is 0 Å². The Hall–Kier alpha value is -1.46. The molecule has 1 saturated heterocycles. The molecule has 1 aliphatic heterocycles. The van der Waals surface area contributed by atoms with Gasteiger partial charge in [0.05, 0.1) is 6.61 Å². The molecule has 1 aliphatic rings. The van der Waals surface area contributed by atoms with Gasteiger partial charge in [0.25, 0.3) is 5.91 Å². The van der Waals surface area contributed by atoms with E-state index in [4.69, 9.17) is 5.11 Å². The Bertz CT molecular complexity index is 375. The van der Waals surface area contributed by atoms with E-state index in [0.717, 1.165) is 13.1 Å². The highest BCUT2D eigenvalue weighted by Gasteiger charge is 2.20. The molecule has 5 nitrogen and oxygen atoms in total. The molecule has 0 unspecified atom stereocenters. The number of hydrogen-bond acceptors (Lipinski definition) is 4. The van der Waals surface area contributed by atoms with Crippen LogP contribution in [0.5, 0.6) is 0 Å². The van der Waals surface area contributed by atoms with Gasteiger partial charge >= 0.3 is 0 Å². The maximum absolute atomic E-state index is 12.1. The number of amides is 1. The zero-order chi connectivity index (χ0) is 11.4. The average Bonchev–Trinajstić information content (AvgIpc) is 2.39. The zero-order valence-corrected chi connectivity index (χ0v) is 9.02. The Balaban J connectivity index is 2.19. The molecule has 1 fully saturated rings. The van der Waals surface area contributed by atoms with Crippen LogP contribution in [0.2, 0.25) is 0 Å². The second-order valence-electron chi connectivity index (χ2n) is 3.71. The molecule has 1 aromatic rings. The van der Waals surface area contributed by atoms with Crippen LogP contribution in [-0.4, -0.2) is 47.1 Å². The lowest BCUT2D eigenvalue weighted by atomic mass is 10.2. The second kappa shape index (κ2) is 5.05. The van der Waals surface area contributed by atoms with Crippen LogP contribution in [0.1, 0.15) is 16.1 Å². The molecular weight excluding hydrogens is 206 g/mol. The molecule has 2 rings (SSSR count). The summed E-state index contributed by atoms with van der Waals surface area (Å²) in [6.45, 7) is 2.86. The smallest absolute Gasteiger partial charge is 0.272 e. The van der Waals surface area contributed by atoms with Crippen LogP contribution in [0.4, 0.5) is 0 Å². The predicted molar refractivity (Wildman–Crippen MR) is 58.9 cm³/mol. The average molecular weight is 221 g/mol. The number of aliphatic hydroxyl groups is 1. The number of carbonyl (C=O) groups is 1. The molecule has 0 radical (unpaired) electrons. The largest absolute Gasteiger partial charge is 0.392 e. The van der Waals surface area contributed by atoms with E-state index in [-0.39, 0.29) is 12.5 Å². The third-order valence-corrected chi connectivity index (χ3v) is 2.67. The normalized spacial score (nSPS) is 16.2. The highest BCUT2D eigenvalue weighted by Crippen LogP contribution is 2.09. The van der Waals surface area contributed by atoms with Crippen LogP contribution >= 0.6 is 0 Å². The van der Waals surface area contributed by atoms with Gasteiger partial charge in [-0.3, -0.25) is 9.78 Å². The number of hydrogen-bond donors (Lipinski definition) is 2. The third-order valence-electron chi connectivity index (χ3n) is 2.67. The molecule has 0 spiro atoms. The molecule has 5 heteroatoms. The number of carbonyl (C=O) groups excluding carboxylic acids is 1. The molecule has 16 heavy (non-hydrogen) atoms. The van der Waals surface area contributed by atoms with E-state index in [1.807, 2.05) is 0 Å². The molecule has 0 atom stereocenters. The Morgan fingerprint density at radius 3 is 2.94 bits per heavy atom. The Kier molecular flexibility index (Phi) is 3.48. The molecule has 2 N–H and O–H groups in total. The topological polar surface area (TPSA) is 65.5 Å². The van der Waals surface area contributed by atoms with E-state index in [2.05, 4.69) is 10.3 Å². The number of nitrogens with zero attached hydrogens (tertiary/aromatic N) is 2. The van der Waals surface area contributed by atoms with Gasteiger partial charge in [-0.2, -0.15) is 0 Å². The van der Waals surface area contributed by atoms with E-state index in [1.54, 1.807) is 23.2 Å². The van der Waals surface area contributed by atoms with Crippen molar-refractivity contribution in [2.24, 2.45) is 0 Å². The summed E-state index contributed by atoms with van der Waals surface area (Å²) in [5, 5.41) is 12.3. The van der Waals surface area contributed by atoms with Crippen LogP contribution in [-0.2, 0) is 6.61 Å². The fourth-order valence-electron chi connectivity index (χ4n) is 1.78. The van der Waals surface area contributed by atoms with E-state index in [0.29, 0.717) is 24.3 Å². The van der Waals surface area contributed by atoms with Crippen molar-refractivity contribution in [1.29, 1.82) is 0 Å². The Morgan fingerprint density at radius 1 is 1.50 bits per heavy atom. The van der Waals surface area contributed by atoms with Crippen molar-refractivity contribution in [1.82, 2.24) is 15.2 Å². The number of nitrogens with one attached hydrogen (secondary N) is 1. The van der Waals surface area contributed by atoms with Crippen molar-refractivity contribution in [3.63, 3.8) is 0 Å². The maximum Gasteiger partial charge on any atom is 0.272 e. The van der Waals surface area contributed by atoms with Gasteiger partial charge in [-0.1, -0.05) is 6.07 Å². The molecular formula is C11H15N3O2. The van der Waals surface area contributed by atoms with E-state index in [1.165, 1.54) is 0 Å². The van der Waals surface area contributed by atoms with E-state index in [9.17, 15) is 4.79 Å². The monoisotopic (exact) mass is 221 g/mol. The van der Waals surface area contributed by atoms with Crippen molar-refractivity contribution in [3.8, 4) is 0 Å². The lowest BCUT2D eigenvalue weighted by Gasteiger charge is -2.27. The minimum absolute atomic E-state index is 0.0915. The highest BCUT2D eigenvalue weighted by atomic mass is 16.3. The van der Waals surface area contributed by atoms with Gasteiger partial charge in [0.1, 0.15) is 5.69 Å². The SMILES string of the molecule is O=C(c1ncccc1CO)N1CCNCC1. The van der Waals surface area contributed by atoms with Gasteiger partial charge in [-0.05, 0) is 6.07 Å². The molecule has 1 amide bonds. The van der Waals surface area contributed by atoms with Crippen LogP contribution < -0.4 is 5.32 Å². The van der Waals surface area contributed by atoms with Crippen molar-refractivity contribution in [2.75, 3.05) is 26.2 Å². The van der Waals surface area contributed by atoms with Crippen molar-refractivity contribution >= 4 is 5.91 Å². The summed E-state index contributed by atoms with van der Waals surface area (Å²) < 4.78 is 0. The number of pyridine rings is 1. The fourth-order valence-corrected chi connectivity index (χ4v) is 1.78. The highest BCUT2D eigenvalue weighted by molar-refractivity contribution is 5.93. The first kappa shape index (κ1) is 11.0. The Labute approximate surface area is 94.1 Å². The van der Waals surface area contributed by atoms with Crippen LogP contribution in [0.15, 0.2) is 18.3 Å². The zero-order valence-electron chi connectivity index (χ0n) is 9.02. The van der Waals surface area contributed by atoms with Gasteiger partial charge in [-0.15, -0.1) is 0 Å². The number of rotatable bonds is 2. The van der Waals surface area contributed by atoms with Crippen molar-refractivity contribution in [2.45, 2.75) is 6.61 Å². The lowest BCUT2D eigenvalue weighted by molar-refractivity contribution is 0.0726. The molecule has 0 bridgehead atoms. The van der Waals surface area contributed by atoms with Gasteiger partial charge < -0.3 is 15.3 Å². The fraction of sp³-hybridized carbons (Fsp3) is 0.455. The molecule has 86 valence electrons. The summed E-state index contributed by atoms with van der Waals surface area (Å²) in [4.78, 5) is 17.9. The van der Waals surface area contributed by atoms with Gasteiger partial charge in [0.2, 0.25) is 0 Å². The summed E-state index contributed by atoms with van der Waals surface area (Å²) in [6, 6.07) is 3.45. The number of aliphatic hydroxyl groups excluding tert-OH is 1. The molecule has 1 aromatic heterocycles. The maximum atomic E-state index is 12.1. The quantitative estimate of drug-likeness (QED) is 0.714. The van der Waals surface area contributed by atoms with Gasteiger partial charge in [0, 0.05) is 37.9 Å². The minimum atomic E-state index is -0.152. The summed E-state index contributed by atoms with van der Waals surface area (Å²) in [5.41, 5.74) is 0.956. The standard InChI is InChI=1S/C11H15N3O2/c15-8-9-2-1-3-13-10(9)11(16)14-6-4-12-5-7-14/h1-3,12,15H,4-8H2. The minimum Gasteiger partial charge on any atom is -0.392 e.